The molecule has 0 radical (unpaired) electrons. The zero-order valence-corrected chi connectivity index (χ0v) is 17.1. The average Bonchev–Trinajstić information content (AvgIpc) is 3.33. The number of ether oxygens (including phenoxy) is 1. The first-order valence-corrected chi connectivity index (χ1v) is 9.35. The van der Waals surface area contributed by atoms with Crippen molar-refractivity contribution < 1.29 is 23.1 Å². The molecular weight excluding hydrogens is 413 g/mol. The molecule has 0 N–H and O–H groups in total. The van der Waals surface area contributed by atoms with Crippen molar-refractivity contribution in [2.45, 2.75) is 13.5 Å². The Labute approximate surface area is 177 Å². The van der Waals surface area contributed by atoms with Crippen LogP contribution in [-0.2, 0) is 20.9 Å². The SMILES string of the molecule is Cc1nn(-c2ccc(F)cc2)c(Cl)c1/C=C/C(=O)OCC(=O)N(C)Cc1ccco1. The Hall–Kier alpha value is -3.39. The van der Waals surface area contributed by atoms with E-state index in [1.54, 1.807) is 38.2 Å². The number of carbonyl (C=O) groups excluding carboxylic acids is 2. The Morgan fingerprint density at radius 2 is 2.03 bits per heavy atom. The number of furan rings is 1. The maximum absolute atomic E-state index is 13.1. The highest BCUT2D eigenvalue weighted by Crippen LogP contribution is 2.24. The predicted octanol–water partition coefficient (Wildman–Crippen LogP) is 3.78. The molecule has 0 fully saturated rings. The van der Waals surface area contributed by atoms with Gasteiger partial charge in [-0.1, -0.05) is 11.6 Å². The summed E-state index contributed by atoms with van der Waals surface area (Å²) in [5.41, 5.74) is 1.67. The molecule has 1 amide bonds. The molecule has 0 aliphatic heterocycles. The number of hydrogen-bond acceptors (Lipinski definition) is 5. The molecule has 3 aromatic rings. The van der Waals surface area contributed by atoms with E-state index in [-0.39, 0.29) is 23.4 Å². The van der Waals surface area contributed by atoms with Gasteiger partial charge in [0.05, 0.1) is 24.2 Å². The van der Waals surface area contributed by atoms with E-state index in [2.05, 4.69) is 5.10 Å². The summed E-state index contributed by atoms with van der Waals surface area (Å²) < 4.78 is 24.7. The van der Waals surface area contributed by atoms with Crippen molar-refractivity contribution in [3.05, 3.63) is 76.7 Å². The Kier molecular flexibility index (Phi) is 6.68. The molecule has 0 unspecified atom stereocenters. The lowest BCUT2D eigenvalue weighted by atomic mass is 10.2. The standard InChI is InChI=1S/C21H19ClFN3O4/c1-14-18(21(22)26(24-14)16-7-5-15(23)6-8-16)9-10-20(28)30-13-19(27)25(2)12-17-4-3-11-29-17/h3-11H,12-13H2,1-2H3/b10-9+. The van der Waals surface area contributed by atoms with Gasteiger partial charge in [0.25, 0.3) is 5.91 Å². The molecule has 156 valence electrons. The average molecular weight is 432 g/mol. The van der Waals surface area contributed by atoms with Gasteiger partial charge in [-0.05, 0) is 49.4 Å². The van der Waals surface area contributed by atoms with Crippen LogP contribution in [-0.4, -0.2) is 40.2 Å². The van der Waals surface area contributed by atoms with E-state index in [0.29, 0.717) is 22.7 Å². The van der Waals surface area contributed by atoms with Crippen LogP contribution in [0.15, 0.2) is 53.2 Å². The third-order valence-corrected chi connectivity index (χ3v) is 4.61. The fraction of sp³-hybridized carbons (Fsp3) is 0.190. The van der Waals surface area contributed by atoms with Gasteiger partial charge in [0.1, 0.15) is 16.7 Å². The maximum atomic E-state index is 13.1. The molecule has 0 saturated carbocycles. The summed E-state index contributed by atoms with van der Waals surface area (Å²) in [7, 11) is 1.58. The molecule has 0 aliphatic rings. The molecule has 0 bridgehead atoms. The molecule has 0 atom stereocenters. The number of esters is 1. The molecule has 30 heavy (non-hydrogen) atoms. The highest BCUT2D eigenvalue weighted by atomic mass is 35.5. The molecule has 2 aromatic heterocycles. The van der Waals surface area contributed by atoms with Crippen LogP contribution in [0.1, 0.15) is 17.0 Å². The minimum atomic E-state index is -0.695. The normalized spacial score (nSPS) is 11.1. The van der Waals surface area contributed by atoms with Crippen molar-refractivity contribution in [2.75, 3.05) is 13.7 Å². The number of likely N-dealkylation sites (N-methyl/N-ethyl adjacent to an activating group) is 1. The van der Waals surface area contributed by atoms with E-state index >= 15 is 0 Å². The number of hydrogen-bond donors (Lipinski definition) is 0. The maximum Gasteiger partial charge on any atom is 0.331 e. The van der Waals surface area contributed by atoms with Crippen LogP contribution >= 0.6 is 11.6 Å². The smallest absolute Gasteiger partial charge is 0.331 e. The van der Waals surface area contributed by atoms with E-state index < -0.39 is 12.6 Å². The summed E-state index contributed by atoms with van der Waals surface area (Å²) in [6.45, 7) is 1.60. The second-order valence-electron chi connectivity index (χ2n) is 6.45. The Bertz CT molecular complexity index is 1060. The van der Waals surface area contributed by atoms with Gasteiger partial charge in [-0.2, -0.15) is 5.10 Å². The summed E-state index contributed by atoms with van der Waals surface area (Å²) in [5, 5.41) is 4.57. The third kappa shape index (κ3) is 5.15. The zero-order chi connectivity index (χ0) is 21.7. The van der Waals surface area contributed by atoms with Gasteiger partial charge in [0.2, 0.25) is 0 Å². The molecule has 1 aromatic carbocycles. The van der Waals surface area contributed by atoms with Gasteiger partial charge < -0.3 is 14.1 Å². The lowest BCUT2D eigenvalue weighted by molar-refractivity contribution is -0.147. The number of amides is 1. The first-order chi connectivity index (χ1) is 14.3. The van der Waals surface area contributed by atoms with E-state index in [4.69, 9.17) is 20.8 Å². The lowest BCUT2D eigenvalue weighted by Gasteiger charge is -2.15. The van der Waals surface area contributed by atoms with Gasteiger partial charge in [0.15, 0.2) is 6.61 Å². The minimum absolute atomic E-state index is 0.261. The third-order valence-electron chi connectivity index (χ3n) is 4.24. The summed E-state index contributed by atoms with van der Waals surface area (Å²) in [5.74, 6) is -0.808. The second kappa shape index (κ2) is 9.41. The summed E-state index contributed by atoms with van der Waals surface area (Å²) in [6, 6.07) is 9.16. The number of carbonyl (C=O) groups is 2. The molecule has 0 saturated heterocycles. The lowest BCUT2D eigenvalue weighted by Crippen LogP contribution is -2.30. The fourth-order valence-corrected chi connectivity index (χ4v) is 2.96. The molecule has 2 heterocycles. The Morgan fingerprint density at radius 1 is 1.30 bits per heavy atom. The number of rotatable bonds is 7. The van der Waals surface area contributed by atoms with Gasteiger partial charge in [-0.15, -0.1) is 0 Å². The zero-order valence-electron chi connectivity index (χ0n) is 16.3. The summed E-state index contributed by atoms with van der Waals surface area (Å²) in [4.78, 5) is 25.4. The van der Waals surface area contributed by atoms with Crippen LogP contribution < -0.4 is 0 Å². The van der Waals surface area contributed by atoms with Gasteiger partial charge in [-0.3, -0.25) is 4.79 Å². The molecule has 0 aliphatic carbocycles. The second-order valence-corrected chi connectivity index (χ2v) is 6.81. The number of halogens is 2. The van der Waals surface area contributed by atoms with Crippen LogP contribution in [0, 0.1) is 12.7 Å². The summed E-state index contributed by atoms with van der Waals surface area (Å²) >= 11 is 6.36. The highest BCUT2D eigenvalue weighted by molar-refractivity contribution is 6.31. The largest absolute Gasteiger partial charge is 0.467 e. The first-order valence-electron chi connectivity index (χ1n) is 8.97. The molecule has 7 nitrogen and oxygen atoms in total. The first kappa shape index (κ1) is 21.3. The van der Waals surface area contributed by atoms with Crippen molar-refractivity contribution in [1.29, 1.82) is 0 Å². The monoisotopic (exact) mass is 431 g/mol. The van der Waals surface area contributed by atoms with Crippen LogP contribution in [0.3, 0.4) is 0 Å². The number of nitrogens with zero attached hydrogens (tertiary/aromatic N) is 3. The fourth-order valence-electron chi connectivity index (χ4n) is 2.62. The van der Waals surface area contributed by atoms with Crippen molar-refractivity contribution >= 4 is 29.6 Å². The molecule has 0 spiro atoms. The molecule has 9 heteroatoms. The van der Waals surface area contributed by atoms with Gasteiger partial charge in [-0.25, -0.2) is 13.9 Å². The van der Waals surface area contributed by atoms with Gasteiger partial charge in [0, 0.05) is 18.7 Å². The minimum Gasteiger partial charge on any atom is -0.467 e. The summed E-state index contributed by atoms with van der Waals surface area (Å²) in [6.07, 6.45) is 4.15. The van der Waals surface area contributed by atoms with Crippen LogP contribution in [0.5, 0.6) is 0 Å². The van der Waals surface area contributed by atoms with E-state index in [9.17, 15) is 14.0 Å². The predicted molar refractivity (Wildman–Crippen MR) is 108 cm³/mol. The van der Waals surface area contributed by atoms with Crippen LogP contribution in [0.2, 0.25) is 5.15 Å². The highest BCUT2D eigenvalue weighted by Gasteiger charge is 2.15. The number of aromatic nitrogens is 2. The Balaban J connectivity index is 1.59. The van der Waals surface area contributed by atoms with Gasteiger partial charge >= 0.3 is 5.97 Å². The Morgan fingerprint density at radius 3 is 2.70 bits per heavy atom. The number of aryl methyl sites for hydroxylation is 1. The van der Waals surface area contributed by atoms with Crippen LogP contribution in [0.25, 0.3) is 11.8 Å². The van der Waals surface area contributed by atoms with Crippen molar-refractivity contribution in [3.63, 3.8) is 0 Å². The molecule has 3 rings (SSSR count). The topological polar surface area (TPSA) is 77.6 Å². The van der Waals surface area contributed by atoms with E-state index in [0.717, 1.165) is 0 Å². The van der Waals surface area contributed by atoms with E-state index in [1.807, 2.05) is 0 Å². The van der Waals surface area contributed by atoms with E-state index in [1.165, 1.54) is 40.1 Å². The van der Waals surface area contributed by atoms with Crippen molar-refractivity contribution in [2.24, 2.45) is 0 Å². The van der Waals surface area contributed by atoms with Crippen LogP contribution in [0.4, 0.5) is 4.39 Å². The molecular formula is C21H19ClFN3O4. The van der Waals surface area contributed by atoms with Crippen molar-refractivity contribution in [3.8, 4) is 5.69 Å². The van der Waals surface area contributed by atoms with Crippen molar-refractivity contribution in [1.82, 2.24) is 14.7 Å². The number of benzene rings is 1. The quantitative estimate of drug-likeness (QED) is 0.420.